The quantitative estimate of drug-likeness (QED) is 0.682. The van der Waals surface area contributed by atoms with Crippen LogP contribution in [0.1, 0.15) is 19.8 Å². The molecule has 0 saturated heterocycles. The molecule has 0 aliphatic heterocycles. The Morgan fingerprint density at radius 1 is 1.38 bits per heavy atom. The number of rotatable bonds is 3. The van der Waals surface area contributed by atoms with Crippen LogP contribution in [-0.4, -0.2) is 13.9 Å². The second kappa shape index (κ2) is 4.56. The van der Waals surface area contributed by atoms with Crippen LogP contribution >= 0.6 is 25.4 Å². The average Bonchev–Trinajstić information content (AvgIpc) is 1.59. The Morgan fingerprint density at radius 2 is 1.88 bits per heavy atom. The summed E-state index contributed by atoms with van der Waals surface area (Å²) in [5.41, 5.74) is 0. The van der Waals surface area contributed by atoms with Crippen molar-refractivity contribution in [3.8, 4) is 0 Å². The molecule has 0 amide bonds. The summed E-state index contributed by atoms with van der Waals surface area (Å²) in [6.07, 6.45) is 2.70. The van der Waals surface area contributed by atoms with Crippen LogP contribution in [0.5, 0.6) is 0 Å². The SMILES string of the molecule is CCC[CH2][Sn]([CH3])([Br])[Br]. The third-order valence-electron chi connectivity index (χ3n) is 0.969. The summed E-state index contributed by atoms with van der Waals surface area (Å²) in [6, 6.07) is 0. The standard InChI is InChI=1S/C4H9.CH3.2BrH.Sn/c1-3-4-2;;;;/h1,3-4H2,2H3;1H3;2*1H;/q;;;;+2/p-2. The molecule has 0 spiro atoms. The Labute approximate surface area is 67.8 Å². The summed E-state index contributed by atoms with van der Waals surface area (Å²) in [4.78, 5) is 2.34. The minimum absolute atomic E-state index is 1.32. The van der Waals surface area contributed by atoms with Gasteiger partial charge in [-0.1, -0.05) is 0 Å². The molecule has 0 N–H and O–H groups in total. The van der Waals surface area contributed by atoms with Crippen LogP contribution in [0.2, 0.25) is 9.38 Å². The molecule has 0 heterocycles. The van der Waals surface area contributed by atoms with Crippen molar-refractivity contribution in [2.75, 3.05) is 0 Å². The third-order valence-corrected chi connectivity index (χ3v) is 9.80. The Hall–Kier alpha value is 1.76. The molecule has 0 fully saturated rings. The summed E-state index contributed by atoms with van der Waals surface area (Å²) >= 11 is 5.73. The average molecular weight is 351 g/mol. The fourth-order valence-electron chi connectivity index (χ4n) is 0.487. The molecule has 0 aromatic carbocycles. The molecule has 8 heavy (non-hydrogen) atoms. The Kier molecular flexibility index (Phi) is 5.56. The van der Waals surface area contributed by atoms with E-state index < -0.39 is 13.9 Å². The van der Waals surface area contributed by atoms with Crippen LogP contribution in [0.25, 0.3) is 0 Å². The van der Waals surface area contributed by atoms with Gasteiger partial charge in [0, 0.05) is 0 Å². The molecule has 0 aliphatic rings. The second-order valence-corrected chi connectivity index (χ2v) is 40.3. The van der Waals surface area contributed by atoms with Gasteiger partial charge in [0.25, 0.3) is 0 Å². The van der Waals surface area contributed by atoms with Crippen LogP contribution in [-0.2, 0) is 0 Å². The zero-order valence-electron chi connectivity index (χ0n) is 5.38. The van der Waals surface area contributed by atoms with Gasteiger partial charge in [-0.3, -0.25) is 0 Å². The molecule has 0 aliphatic carbocycles. The van der Waals surface area contributed by atoms with Crippen molar-refractivity contribution < 1.29 is 0 Å². The monoisotopic (exact) mass is 350 g/mol. The van der Waals surface area contributed by atoms with Gasteiger partial charge >= 0.3 is 68.5 Å². The van der Waals surface area contributed by atoms with Crippen molar-refractivity contribution in [2.45, 2.75) is 29.1 Å². The molecule has 3 heteroatoms. The molecule has 0 atom stereocenters. The third kappa shape index (κ3) is 7.76. The van der Waals surface area contributed by atoms with Crippen molar-refractivity contribution >= 4 is 39.3 Å². The van der Waals surface area contributed by atoms with Gasteiger partial charge in [-0.2, -0.15) is 0 Å². The van der Waals surface area contributed by atoms with Gasteiger partial charge in [0.2, 0.25) is 0 Å². The van der Waals surface area contributed by atoms with E-state index in [-0.39, 0.29) is 0 Å². The predicted molar refractivity (Wildman–Crippen MR) is 49.2 cm³/mol. The van der Waals surface area contributed by atoms with E-state index in [0.29, 0.717) is 0 Å². The van der Waals surface area contributed by atoms with E-state index in [4.69, 9.17) is 0 Å². The number of unbranched alkanes of at least 4 members (excludes halogenated alkanes) is 1. The second-order valence-electron chi connectivity index (χ2n) is 2.17. The fourth-order valence-corrected chi connectivity index (χ4v) is 7.03. The summed E-state index contributed by atoms with van der Waals surface area (Å²) in [7, 11) is 0. The van der Waals surface area contributed by atoms with E-state index in [0.717, 1.165) is 0 Å². The fraction of sp³-hybridized carbons (Fsp3) is 1.00. The van der Waals surface area contributed by atoms with E-state index in [9.17, 15) is 0 Å². The van der Waals surface area contributed by atoms with Gasteiger partial charge in [0.05, 0.1) is 0 Å². The summed E-state index contributed by atoms with van der Waals surface area (Å²) in [5.74, 6) is 0. The topological polar surface area (TPSA) is 0 Å². The zero-order valence-corrected chi connectivity index (χ0v) is 11.4. The first-order valence-electron chi connectivity index (χ1n) is 2.94. The normalized spacial score (nSPS) is 12.0. The Morgan fingerprint density at radius 3 is 2.00 bits per heavy atom. The molecule has 0 rings (SSSR count). The number of hydrogen-bond donors (Lipinski definition) is 0. The van der Waals surface area contributed by atoms with Gasteiger partial charge in [-0.15, -0.1) is 0 Å². The van der Waals surface area contributed by atoms with Crippen LogP contribution in [0.15, 0.2) is 0 Å². The van der Waals surface area contributed by atoms with Gasteiger partial charge < -0.3 is 0 Å². The number of halogens is 2. The van der Waals surface area contributed by atoms with Gasteiger partial charge in [-0.25, -0.2) is 0 Å². The first-order chi connectivity index (χ1) is 3.56. The molecule has 0 nitrogen and oxygen atoms in total. The first kappa shape index (κ1) is 9.76. The van der Waals surface area contributed by atoms with Gasteiger partial charge in [0.15, 0.2) is 0 Å². The first-order valence-corrected chi connectivity index (χ1v) is 20.6. The van der Waals surface area contributed by atoms with Crippen LogP contribution in [0.3, 0.4) is 0 Å². The Balaban J connectivity index is 3.11. The van der Waals surface area contributed by atoms with Crippen molar-refractivity contribution in [3.05, 3.63) is 0 Å². The van der Waals surface area contributed by atoms with Gasteiger partial charge in [-0.05, 0) is 0 Å². The van der Waals surface area contributed by atoms with Gasteiger partial charge in [0.1, 0.15) is 0 Å². The van der Waals surface area contributed by atoms with E-state index in [1.54, 1.807) is 0 Å². The molecular weight excluding hydrogens is 339 g/mol. The van der Waals surface area contributed by atoms with E-state index >= 15 is 0 Å². The molecule has 50 valence electrons. The maximum absolute atomic E-state index is 3.71. The summed E-state index contributed by atoms with van der Waals surface area (Å²) < 4.78 is 1.41. The molecule has 0 saturated carbocycles. The van der Waals surface area contributed by atoms with Crippen molar-refractivity contribution in [3.63, 3.8) is 0 Å². The molecular formula is C5H12Br2Sn. The molecule has 0 radical (unpaired) electrons. The Bertz CT molecular complexity index is 57.9. The number of hydrogen-bond acceptors (Lipinski definition) is 0. The van der Waals surface area contributed by atoms with Crippen molar-refractivity contribution in [1.82, 2.24) is 0 Å². The van der Waals surface area contributed by atoms with Crippen LogP contribution in [0.4, 0.5) is 0 Å². The summed E-state index contributed by atoms with van der Waals surface area (Å²) in [5, 5.41) is 0. The van der Waals surface area contributed by atoms with E-state index in [1.807, 2.05) is 0 Å². The van der Waals surface area contributed by atoms with Crippen LogP contribution < -0.4 is 0 Å². The molecule has 0 aromatic heterocycles. The molecule has 0 aromatic rings. The summed E-state index contributed by atoms with van der Waals surface area (Å²) in [6.45, 7) is 2.23. The van der Waals surface area contributed by atoms with Crippen LogP contribution in [0, 0.1) is 0 Å². The maximum atomic E-state index is 3.71. The predicted octanol–water partition coefficient (Wildman–Crippen LogP) is 3.65. The van der Waals surface area contributed by atoms with E-state index in [1.165, 1.54) is 17.3 Å². The molecule has 0 unspecified atom stereocenters. The zero-order chi connectivity index (χ0) is 6.62. The van der Waals surface area contributed by atoms with Crippen molar-refractivity contribution in [2.24, 2.45) is 0 Å². The van der Waals surface area contributed by atoms with Crippen molar-refractivity contribution in [1.29, 1.82) is 0 Å². The minimum atomic E-state index is -1.68. The van der Waals surface area contributed by atoms with E-state index in [2.05, 4.69) is 37.3 Å². The molecule has 0 bridgehead atoms.